The zero-order chi connectivity index (χ0) is 17.0. The van der Waals surface area contributed by atoms with E-state index in [4.69, 9.17) is 28.8 Å². The zero-order valence-corrected chi connectivity index (χ0v) is 12.7. The summed E-state index contributed by atoms with van der Waals surface area (Å²) in [7, 11) is 0. The lowest BCUT2D eigenvalue weighted by atomic mass is 10.1. The molecule has 0 atom stereocenters. The van der Waals surface area contributed by atoms with E-state index in [1.165, 1.54) is 18.2 Å². The molecule has 0 heterocycles. The summed E-state index contributed by atoms with van der Waals surface area (Å²) in [6.45, 7) is 0. The maximum Gasteiger partial charge on any atom is 0.280 e. The number of amides is 2. The number of aliphatic imine (C=N–C) groups is 1. The molecule has 0 aliphatic carbocycles. The van der Waals surface area contributed by atoms with Gasteiger partial charge in [0.25, 0.3) is 11.8 Å². The Morgan fingerprint density at radius 1 is 1.09 bits per heavy atom. The van der Waals surface area contributed by atoms with Gasteiger partial charge < -0.3 is 22.5 Å². The van der Waals surface area contributed by atoms with Gasteiger partial charge in [-0.05, 0) is 30.3 Å². The lowest BCUT2D eigenvalue weighted by Crippen LogP contribution is -2.24. The number of nitrogens with two attached hydrogens (primary N) is 3. The van der Waals surface area contributed by atoms with E-state index in [-0.39, 0.29) is 22.2 Å². The van der Waals surface area contributed by atoms with Crippen LogP contribution in [0.4, 0.5) is 11.4 Å². The molecule has 0 saturated carbocycles. The van der Waals surface area contributed by atoms with Crippen LogP contribution in [0.1, 0.15) is 20.7 Å². The summed E-state index contributed by atoms with van der Waals surface area (Å²) >= 11 is 6.04. The number of para-hydroxylation sites is 1. The molecule has 7 N–H and O–H groups in total. The molecule has 2 aromatic rings. The normalized spacial score (nSPS) is 9.96. The second kappa shape index (κ2) is 6.80. The minimum Gasteiger partial charge on any atom is -0.398 e. The van der Waals surface area contributed by atoms with E-state index in [1.807, 2.05) is 0 Å². The van der Waals surface area contributed by atoms with Gasteiger partial charge in [0.15, 0.2) is 5.96 Å². The first-order chi connectivity index (χ1) is 10.9. The minimum absolute atomic E-state index is 0.180. The molecule has 7 nitrogen and oxygen atoms in total. The molecule has 0 radical (unpaired) electrons. The number of nitrogen functional groups attached to an aromatic ring is 1. The number of rotatable bonds is 3. The Balaban J connectivity index is 2.30. The third kappa shape index (κ3) is 3.98. The van der Waals surface area contributed by atoms with Crippen LogP contribution in [0.2, 0.25) is 5.02 Å². The average Bonchev–Trinajstić information content (AvgIpc) is 2.49. The van der Waals surface area contributed by atoms with Crippen molar-refractivity contribution in [3.05, 3.63) is 58.6 Å². The molecule has 0 spiro atoms. The highest BCUT2D eigenvalue weighted by Gasteiger charge is 2.13. The smallest absolute Gasteiger partial charge is 0.280 e. The quantitative estimate of drug-likeness (QED) is 0.384. The van der Waals surface area contributed by atoms with Gasteiger partial charge in [-0.15, -0.1) is 0 Å². The van der Waals surface area contributed by atoms with Crippen LogP contribution < -0.4 is 22.5 Å². The highest BCUT2D eigenvalue weighted by Crippen LogP contribution is 2.25. The summed E-state index contributed by atoms with van der Waals surface area (Å²) in [5.41, 5.74) is 17.1. The van der Waals surface area contributed by atoms with Crippen molar-refractivity contribution in [3.63, 3.8) is 0 Å². The molecule has 2 amide bonds. The number of hydrogen-bond acceptors (Lipinski definition) is 3. The fraction of sp³-hybridized carbons (Fsp3) is 0. The van der Waals surface area contributed by atoms with Crippen LogP contribution in [-0.2, 0) is 0 Å². The summed E-state index contributed by atoms with van der Waals surface area (Å²) in [4.78, 5) is 27.5. The van der Waals surface area contributed by atoms with E-state index in [2.05, 4.69) is 10.3 Å². The second-order valence-electron chi connectivity index (χ2n) is 4.58. The number of carbonyl (C=O) groups is 2. The van der Waals surface area contributed by atoms with E-state index < -0.39 is 11.8 Å². The number of hydrogen-bond donors (Lipinski definition) is 4. The molecule has 0 saturated heterocycles. The highest BCUT2D eigenvalue weighted by molar-refractivity contribution is 6.34. The number of guanidine groups is 1. The molecule has 118 valence electrons. The van der Waals surface area contributed by atoms with Crippen LogP contribution in [0.25, 0.3) is 0 Å². The Bertz CT molecular complexity index is 800. The molecular weight excluding hydrogens is 318 g/mol. The van der Waals surface area contributed by atoms with Gasteiger partial charge in [-0.2, -0.15) is 4.99 Å². The fourth-order valence-corrected chi connectivity index (χ4v) is 1.99. The lowest BCUT2D eigenvalue weighted by molar-refractivity contribution is 0.0998. The van der Waals surface area contributed by atoms with Crippen LogP contribution in [-0.4, -0.2) is 17.8 Å². The van der Waals surface area contributed by atoms with Crippen LogP contribution in [0.5, 0.6) is 0 Å². The predicted molar refractivity (Wildman–Crippen MR) is 90.4 cm³/mol. The van der Waals surface area contributed by atoms with E-state index in [9.17, 15) is 9.59 Å². The van der Waals surface area contributed by atoms with Crippen molar-refractivity contribution < 1.29 is 9.59 Å². The molecule has 8 heteroatoms. The molecule has 0 bridgehead atoms. The first-order valence-corrected chi connectivity index (χ1v) is 6.85. The number of nitrogens with zero attached hydrogens (tertiary/aromatic N) is 1. The van der Waals surface area contributed by atoms with Gasteiger partial charge in [-0.1, -0.05) is 23.7 Å². The van der Waals surface area contributed by atoms with E-state index in [0.717, 1.165) is 0 Å². The van der Waals surface area contributed by atoms with Crippen LogP contribution in [0.3, 0.4) is 0 Å². The van der Waals surface area contributed by atoms with Gasteiger partial charge in [0.1, 0.15) is 0 Å². The summed E-state index contributed by atoms with van der Waals surface area (Å²) < 4.78 is 0. The molecule has 2 aromatic carbocycles. The molecule has 0 aromatic heterocycles. The average molecular weight is 332 g/mol. The first kappa shape index (κ1) is 16.3. The third-order valence-corrected chi connectivity index (χ3v) is 3.23. The van der Waals surface area contributed by atoms with Gasteiger partial charge in [0, 0.05) is 11.3 Å². The van der Waals surface area contributed by atoms with E-state index in [1.54, 1.807) is 24.3 Å². The Morgan fingerprint density at radius 2 is 1.78 bits per heavy atom. The Labute approximate surface area is 137 Å². The summed E-state index contributed by atoms with van der Waals surface area (Å²) in [5.74, 6) is -1.44. The number of halogens is 1. The summed E-state index contributed by atoms with van der Waals surface area (Å²) in [5, 5.41) is 2.86. The van der Waals surface area contributed by atoms with Gasteiger partial charge in [0.2, 0.25) is 0 Å². The molecule has 2 rings (SSSR count). The molecule has 0 unspecified atom stereocenters. The van der Waals surface area contributed by atoms with Gasteiger partial charge in [0.05, 0.1) is 16.3 Å². The van der Waals surface area contributed by atoms with E-state index in [0.29, 0.717) is 11.3 Å². The van der Waals surface area contributed by atoms with Gasteiger partial charge >= 0.3 is 0 Å². The predicted octanol–water partition coefficient (Wildman–Crippen LogP) is 1.59. The SMILES string of the molecule is NC(N)=NC(=O)c1ccc(Cl)c(NC(=O)c2ccccc2N)c1. The minimum atomic E-state index is -0.642. The second-order valence-corrected chi connectivity index (χ2v) is 4.99. The van der Waals surface area contributed by atoms with Crippen molar-refractivity contribution >= 4 is 40.7 Å². The number of nitrogens with one attached hydrogen (secondary N) is 1. The van der Waals surface area contributed by atoms with E-state index >= 15 is 0 Å². The molecule has 0 aliphatic rings. The topological polar surface area (TPSA) is 137 Å². The Morgan fingerprint density at radius 3 is 2.43 bits per heavy atom. The van der Waals surface area contributed by atoms with Crippen molar-refractivity contribution in [2.75, 3.05) is 11.1 Å². The van der Waals surface area contributed by atoms with Crippen molar-refractivity contribution in [3.8, 4) is 0 Å². The highest BCUT2D eigenvalue weighted by atomic mass is 35.5. The van der Waals surface area contributed by atoms with Gasteiger partial charge in [-0.25, -0.2) is 0 Å². The maximum atomic E-state index is 12.2. The van der Waals surface area contributed by atoms with Crippen LogP contribution in [0, 0.1) is 0 Å². The number of benzene rings is 2. The summed E-state index contributed by atoms with van der Waals surface area (Å²) in [6, 6.07) is 10.9. The van der Waals surface area contributed by atoms with Crippen molar-refractivity contribution in [2.45, 2.75) is 0 Å². The molecular formula is C15H14ClN5O2. The number of anilines is 2. The molecule has 0 aliphatic heterocycles. The van der Waals surface area contributed by atoms with Crippen molar-refractivity contribution in [1.29, 1.82) is 0 Å². The maximum absolute atomic E-state index is 12.2. The van der Waals surface area contributed by atoms with Crippen LogP contribution in [0.15, 0.2) is 47.5 Å². The van der Waals surface area contributed by atoms with Crippen LogP contribution >= 0.6 is 11.6 Å². The van der Waals surface area contributed by atoms with Crippen molar-refractivity contribution in [2.24, 2.45) is 16.5 Å². The fourth-order valence-electron chi connectivity index (χ4n) is 1.83. The Hall–Kier alpha value is -3.06. The monoisotopic (exact) mass is 331 g/mol. The molecule has 23 heavy (non-hydrogen) atoms. The first-order valence-electron chi connectivity index (χ1n) is 6.48. The lowest BCUT2D eigenvalue weighted by Gasteiger charge is -2.10. The Kier molecular flexibility index (Phi) is 4.82. The molecule has 0 fully saturated rings. The standard InChI is InChI=1S/C15H14ClN5O2/c16-10-6-5-8(13(22)21-15(18)19)7-12(10)20-14(23)9-3-1-2-4-11(9)17/h1-7H,17H2,(H,20,23)(H4,18,19,21,22). The third-order valence-electron chi connectivity index (χ3n) is 2.90. The largest absolute Gasteiger partial charge is 0.398 e. The van der Waals surface area contributed by atoms with Crippen molar-refractivity contribution in [1.82, 2.24) is 0 Å². The van der Waals surface area contributed by atoms with Gasteiger partial charge in [-0.3, -0.25) is 9.59 Å². The summed E-state index contributed by atoms with van der Waals surface area (Å²) in [6.07, 6.45) is 0. The zero-order valence-electron chi connectivity index (χ0n) is 11.9. The number of carbonyl (C=O) groups excluding carboxylic acids is 2.